The molecule has 3 rings (SSSR count). The number of fused-ring (bicyclic) bond motifs is 1. The van der Waals surface area contributed by atoms with Crippen molar-refractivity contribution in [1.29, 1.82) is 0 Å². The quantitative estimate of drug-likeness (QED) is 0.811. The van der Waals surface area contributed by atoms with Gasteiger partial charge in [0.1, 0.15) is 24.8 Å². The third-order valence-electron chi connectivity index (χ3n) is 3.82. The summed E-state index contributed by atoms with van der Waals surface area (Å²) in [5.41, 5.74) is 0.308. The van der Waals surface area contributed by atoms with E-state index in [4.69, 9.17) is 14.2 Å². The van der Waals surface area contributed by atoms with E-state index in [9.17, 15) is 18.4 Å². The summed E-state index contributed by atoms with van der Waals surface area (Å²) in [5.74, 6) is -1.76. The van der Waals surface area contributed by atoms with Crippen LogP contribution in [0.3, 0.4) is 0 Å². The Morgan fingerprint density at radius 3 is 2.63 bits per heavy atom. The Balaban J connectivity index is 1.57. The molecule has 2 aromatic carbocycles. The molecule has 0 spiro atoms. The fourth-order valence-corrected chi connectivity index (χ4v) is 2.48. The molecule has 0 bridgehead atoms. The third kappa shape index (κ3) is 4.72. The molecule has 0 saturated carbocycles. The van der Waals surface area contributed by atoms with Crippen molar-refractivity contribution in [1.82, 2.24) is 0 Å². The lowest BCUT2D eigenvalue weighted by atomic mass is 10.1. The second-order valence-electron chi connectivity index (χ2n) is 5.90. The minimum atomic E-state index is -1.18. The fourth-order valence-electron chi connectivity index (χ4n) is 2.48. The van der Waals surface area contributed by atoms with Crippen LogP contribution in [0.2, 0.25) is 0 Å². The summed E-state index contributed by atoms with van der Waals surface area (Å²) in [6.45, 7) is 2.23. The van der Waals surface area contributed by atoms with Gasteiger partial charge >= 0.3 is 5.97 Å². The summed E-state index contributed by atoms with van der Waals surface area (Å²) in [6.07, 6.45) is -1.26. The number of ether oxygens (including phenoxy) is 3. The zero-order valence-electron chi connectivity index (χ0n) is 14.5. The van der Waals surface area contributed by atoms with Gasteiger partial charge in [-0.1, -0.05) is 6.07 Å². The van der Waals surface area contributed by atoms with E-state index in [0.717, 1.165) is 18.2 Å². The lowest BCUT2D eigenvalue weighted by molar-refractivity contribution is -0.152. The summed E-state index contributed by atoms with van der Waals surface area (Å²) in [6, 6.07) is 7.73. The molecule has 1 amide bonds. The monoisotopic (exact) mass is 377 g/mol. The summed E-state index contributed by atoms with van der Waals surface area (Å²) in [4.78, 5) is 24.1. The van der Waals surface area contributed by atoms with E-state index < -0.39 is 29.6 Å². The highest BCUT2D eigenvalue weighted by atomic mass is 19.1. The molecule has 142 valence electrons. The van der Waals surface area contributed by atoms with Crippen LogP contribution in [0.25, 0.3) is 0 Å². The number of amides is 1. The van der Waals surface area contributed by atoms with Gasteiger partial charge in [-0.2, -0.15) is 0 Å². The Labute approximate surface area is 154 Å². The first-order chi connectivity index (χ1) is 12.9. The fraction of sp³-hybridized carbons (Fsp3) is 0.263. The van der Waals surface area contributed by atoms with E-state index in [1.165, 1.54) is 6.92 Å². The highest BCUT2D eigenvalue weighted by molar-refractivity contribution is 5.95. The number of benzene rings is 2. The average Bonchev–Trinajstić information content (AvgIpc) is 2.64. The van der Waals surface area contributed by atoms with Crippen molar-refractivity contribution in [2.75, 3.05) is 18.5 Å². The van der Waals surface area contributed by atoms with Crippen molar-refractivity contribution in [3.05, 3.63) is 53.6 Å². The van der Waals surface area contributed by atoms with Gasteiger partial charge in [0.05, 0.1) is 12.1 Å². The summed E-state index contributed by atoms with van der Waals surface area (Å²) < 4.78 is 42.6. The Bertz CT molecular complexity index is 871. The minimum absolute atomic E-state index is 0.0808. The third-order valence-corrected chi connectivity index (χ3v) is 3.82. The topological polar surface area (TPSA) is 73.9 Å². The van der Waals surface area contributed by atoms with E-state index in [2.05, 4.69) is 5.32 Å². The molecule has 8 heteroatoms. The Morgan fingerprint density at radius 1 is 1.11 bits per heavy atom. The maximum Gasteiger partial charge on any atom is 0.311 e. The number of hydrogen-bond donors (Lipinski definition) is 1. The highest BCUT2D eigenvalue weighted by Gasteiger charge is 2.20. The molecule has 27 heavy (non-hydrogen) atoms. The van der Waals surface area contributed by atoms with Gasteiger partial charge in [0.15, 0.2) is 17.6 Å². The Morgan fingerprint density at radius 2 is 1.85 bits per heavy atom. The van der Waals surface area contributed by atoms with Gasteiger partial charge in [-0.3, -0.25) is 9.59 Å². The number of rotatable bonds is 5. The van der Waals surface area contributed by atoms with Crippen molar-refractivity contribution in [2.24, 2.45) is 0 Å². The first-order valence-corrected chi connectivity index (χ1v) is 8.26. The molecule has 1 aliphatic heterocycles. The second-order valence-corrected chi connectivity index (χ2v) is 5.90. The number of anilines is 1. The van der Waals surface area contributed by atoms with Crippen molar-refractivity contribution < 1.29 is 32.6 Å². The predicted octanol–water partition coefficient (Wildman–Crippen LogP) is 2.85. The highest BCUT2D eigenvalue weighted by Crippen LogP contribution is 2.30. The summed E-state index contributed by atoms with van der Waals surface area (Å²) in [7, 11) is 0. The Kier molecular flexibility index (Phi) is 5.54. The maximum atomic E-state index is 13.6. The maximum absolute atomic E-state index is 13.6. The molecule has 0 aliphatic carbocycles. The zero-order chi connectivity index (χ0) is 19.4. The van der Waals surface area contributed by atoms with Crippen LogP contribution in [0.15, 0.2) is 36.4 Å². The van der Waals surface area contributed by atoms with Crippen LogP contribution in [-0.2, 0) is 20.7 Å². The number of carbonyl (C=O) groups is 2. The SMILES string of the molecule is C[C@@H](OC(=O)Cc1ccc2c(c1)OCCO2)C(=O)Nc1cc(F)ccc1F. The van der Waals surface area contributed by atoms with Gasteiger partial charge in [0.25, 0.3) is 5.91 Å². The molecule has 1 aliphatic rings. The minimum Gasteiger partial charge on any atom is -0.486 e. The largest absolute Gasteiger partial charge is 0.486 e. The smallest absolute Gasteiger partial charge is 0.311 e. The molecule has 0 radical (unpaired) electrons. The van der Waals surface area contributed by atoms with E-state index in [1.54, 1.807) is 18.2 Å². The van der Waals surface area contributed by atoms with Gasteiger partial charge in [-0.25, -0.2) is 8.78 Å². The lowest BCUT2D eigenvalue weighted by Gasteiger charge is -2.19. The van der Waals surface area contributed by atoms with Gasteiger partial charge in [-0.15, -0.1) is 0 Å². The van der Waals surface area contributed by atoms with Crippen LogP contribution >= 0.6 is 0 Å². The second kappa shape index (κ2) is 8.03. The van der Waals surface area contributed by atoms with Crippen molar-refractivity contribution in [2.45, 2.75) is 19.4 Å². The van der Waals surface area contributed by atoms with Gasteiger partial charge < -0.3 is 19.5 Å². The molecule has 1 atom stereocenters. The summed E-state index contributed by atoms with van der Waals surface area (Å²) >= 11 is 0. The van der Waals surface area contributed by atoms with Crippen molar-refractivity contribution >= 4 is 17.6 Å². The standard InChI is InChI=1S/C19H17F2NO5/c1-11(19(24)22-15-10-13(20)3-4-14(15)21)27-18(23)9-12-2-5-16-17(8-12)26-7-6-25-16/h2-5,8,10-11H,6-7,9H2,1H3,(H,22,24)/t11-/m1/s1. The predicted molar refractivity (Wildman–Crippen MR) is 91.7 cm³/mol. The van der Waals surface area contributed by atoms with Crippen molar-refractivity contribution in [3.63, 3.8) is 0 Å². The van der Waals surface area contributed by atoms with Gasteiger partial charge in [0.2, 0.25) is 0 Å². The summed E-state index contributed by atoms with van der Waals surface area (Å²) in [5, 5.41) is 2.19. The average molecular weight is 377 g/mol. The molecule has 0 unspecified atom stereocenters. The number of esters is 1. The molecule has 2 aromatic rings. The number of halogens is 2. The first-order valence-electron chi connectivity index (χ1n) is 8.26. The van der Waals surface area contributed by atoms with Crippen LogP contribution in [0.4, 0.5) is 14.5 Å². The van der Waals surface area contributed by atoms with Gasteiger partial charge in [-0.05, 0) is 36.8 Å². The molecule has 1 heterocycles. The molecular formula is C19H17F2NO5. The molecule has 0 fully saturated rings. The van der Waals surface area contributed by atoms with Crippen LogP contribution < -0.4 is 14.8 Å². The Hall–Kier alpha value is -3.16. The van der Waals surface area contributed by atoms with Crippen molar-refractivity contribution in [3.8, 4) is 11.5 Å². The van der Waals surface area contributed by atoms with Crippen LogP contribution in [0.5, 0.6) is 11.5 Å². The van der Waals surface area contributed by atoms with E-state index in [1.807, 2.05) is 0 Å². The van der Waals surface area contributed by atoms with Crippen LogP contribution in [0.1, 0.15) is 12.5 Å². The lowest BCUT2D eigenvalue weighted by Crippen LogP contribution is -2.30. The normalized spacial score (nSPS) is 13.6. The number of carbonyl (C=O) groups excluding carboxylic acids is 2. The number of nitrogens with one attached hydrogen (secondary N) is 1. The number of hydrogen-bond acceptors (Lipinski definition) is 5. The first kappa shape index (κ1) is 18.6. The molecule has 0 aromatic heterocycles. The van der Waals surface area contributed by atoms with E-state index in [-0.39, 0.29) is 12.1 Å². The molecule has 1 N–H and O–H groups in total. The molecule has 0 saturated heterocycles. The zero-order valence-corrected chi connectivity index (χ0v) is 14.5. The van der Waals surface area contributed by atoms with Crippen LogP contribution in [-0.4, -0.2) is 31.2 Å². The molecule has 6 nitrogen and oxygen atoms in total. The van der Waals surface area contributed by atoms with Gasteiger partial charge in [0, 0.05) is 6.07 Å². The van der Waals surface area contributed by atoms with E-state index >= 15 is 0 Å². The van der Waals surface area contributed by atoms with Crippen LogP contribution in [0, 0.1) is 11.6 Å². The molecular weight excluding hydrogens is 360 g/mol. The van der Waals surface area contributed by atoms with E-state index in [0.29, 0.717) is 30.3 Å².